The van der Waals surface area contributed by atoms with E-state index in [0.717, 1.165) is 37.1 Å². The van der Waals surface area contributed by atoms with Gasteiger partial charge in [0.25, 0.3) is 0 Å². The average Bonchev–Trinajstić information content (AvgIpc) is 2.90. The second-order valence-electron chi connectivity index (χ2n) is 6.13. The van der Waals surface area contributed by atoms with Crippen LogP contribution >= 0.6 is 15.9 Å². The zero-order chi connectivity index (χ0) is 14.3. The van der Waals surface area contributed by atoms with E-state index in [9.17, 15) is 4.79 Å². The summed E-state index contributed by atoms with van der Waals surface area (Å²) in [6, 6.07) is 0.448. The molecule has 110 valence electrons. The Balaban J connectivity index is 1.50. The lowest BCUT2D eigenvalue weighted by atomic mass is 9.97. The number of amides is 1. The number of hydrogen-bond donors (Lipinski definition) is 0. The Hall–Kier alpha value is -0.880. The summed E-state index contributed by atoms with van der Waals surface area (Å²) >= 11 is 3.41. The molecule has 1 amide bonds. The Labute approximate surface area is 128 Å². The van der Waals surface area contributed by atoms with Crippen LogP contribution in [0.5, 0.6) is 0 Å². The van der Waals surface area contributed by atoms with Crippen molar-refractivity contribution >= 4 is 21.8 Å². The minimum Gasteiger partial charge on any atom is -0.339 e. The molecule has 1 atom stereocenters. The van der Waals surface area contributed by atoms with Gasteiger partial charge < -0.3 is 4.90 Å². The van der Waals surface area contributed by atoms with Gasteiger partial charge in [0.2, 0.25) is 5.91 Å². The van der Waals surface area contributed by atoms with Gasteiger partial charge >= 0.3 is 0 Å². The zero-order valence-electron chi connectivity index (χ0n) is 12.0. The van der Waals surface area contributed by atoms with Crippen LogP contribution in [0.15, 0.2) is 16.9 Å². The van der Waals surface area contributed by atoms with E-state index in [1.807, 2.05) is 22.0 Å². The van der Waals surface area contributed by atoms with E-state index < -0.39 is 0 Å². The van der Waals surface area contributed by atoms with Crippen LogP contribution in [-0.4, -0.2) is 57.2 Å². The molecule has 6 heteroatoms. The van der Waals surface area contributed by atoms with Crippen molar-refractivity contribution in [3.8, 4) is 0 Å². The monoisotopic (exact) mass is 340 g/mol. The molecule has 0 saturated carbocycles. The second kappa shape index (κ2) is 5.48. The van der Waals surface area contributed by atoms with E-state index in [4.69, 9.17) is 0 Å². The number of rotatable bonds is 4. The number of carbonyl (C=O) groups is 1. The summed E-state index contributed by atoms with van der Waals surface area (Å²) in [6.45, 7) is 8.06. The van der Waals surface area contributed by atoms with Gasteiger partial charge in [0.1, 0.15) is 0 Å². The Bertz CT molecular complexity index is 495. The van der Waals surface area contributed by atoms with Gasteiger partial charge in [-0.2, -0.15) is 5.10 Å². The molecule has 3 rings (SSSR count). The molecule has 0 spiro atoms. The van der Waals surface area contributed by atoms with Gasteiger partial charge in [-0.05, 0) is 36.2 Å². The van der Waals surface area contributed by atoms with Gasteiger partial charge in [-0.1, -0.05) is 0 Å². The van der Waals surface area contributed by atoms with E-state index in [1.165, 1.54) is 0 Å². The van der Waals surface area contributed by atoms with Gasteiger partial charge in [-0.25, -0.2) is 0 Å². The van der Waals surface area contributed by atoms with Crippen LogP contribution in [0.3, 0.4) is 0 Å². The molecule has 2 fully saturated rings. The van der Waals surface area contributed by atoms with Crippen LogP contribution in [0.4, 0.5) is 0 Å². The predicted molar refractivity (Wildman–Crippen MR) is 80.2 cm³/mol. The molecule has 0 radical (unpaired) electrons. The Morgan fingerprint density at radius 3 is 2.75 bits per heavy atom. The molecular formula is C14H21BrN4O. The highest BCUT2D eigenvalue weighted by atomic mass is 79.9. The lowest BCUT2D eigenvalue weighted by molar-refractivity contribution is -0.135. The van der Waals surface area contributed by atoms with Gasteiger partial charge in [-0.3, -0.25) is 14.4 Å². The minimum atomic E-state index is 0.123. The highest BCUT2D eigenvalue weighted by Crippen LogP contribution is 2.27. The average molecular weight is 341 g/mol. The van der Waals surface area contributed by atoms with E-state index in [1.54, 1.807) is 0 Å². The van der Waals surface area contributed by atoms with E-state index in [-0.39, 0.29) is 6.04 Å². The summed E-state index contributed by atoms with van der Waals surface area (Å²) in [5, 5.41) is 4.29. The highest BCUT2D eigenvalue weighted by molar-refractivity contribution is 9.10. The number of halogens is 1. The van der Waals surface area contributed by atoms with Crippen molar-refractivity contribution in [1.82, 2.24) is 19.6 Å². The number of likely N-dealkylation sites (tertiary alicyclic amines) is 2. The molecule has 1 aromatic rings. The Kier molecular flexibility index (Phi) is 3.86. The SMILES string of the molecule is CC(C)N1CCC(N2CC(Cn3cc(Br)cn3)C2)C1=O. The van der Waals surface area contributed by atoms with Crippen molar-refractivity contribution in [3.05, 3.63) is 16.9 Å². The van der Waals surface area contributed by atoms with Crippen LogP contribution in [0, 0.1) is 5.92 Å². The van der Waals surface area contributed by atoms with E-state index >= 15 is 0 Å². The maximum Gasteiger partial charge on any atom is 0.240 e. The molecule has 0 N–H and O–H groups in total. The fourth-order valence-corrected chi connectivity index (χ4v) is 3.55. The summed E-state index contributed by atoms with van der Waals surface area (Å²) in [4.78, 5) is 16.6. The maximum atomic E-state index is 12.3. The molecule has 20 heavy (non-hydrogen) atoms. The molecule has 0 aromatic carbocycles. The summed E-state index contributed by atoms with van der Waals surface area (Å²) in [5.41, 5.74) is 0. The molecule has 0 bridgehead atoms. The quantitative estimate of drug-likeness (QED) is 0.835. The molecule has 2 aliphatic rings. The molecule has 0 aliphatic carbocycles. The van der Waals surface area contributed by atoms with E-state index in [2.05, 4.69) is 39.8 Å². The van der Waals surface area contributed by atoms with Crippen LogP contribution in [-0.2, 0) is 11.3 Å². The third-order valence-corrected chi connectivity index (χ3v) is 4.72. The van der Waals surface area contributed by atoms with Crippen LogP contribution in [0.1, 0.15) is 20.3 Å². The molecule has 2 saturated heterocycles. The molecule has 1 aromatic heterocycles. The van der Waals surface area contributed by atoms with Crippen LogP contribution in [0.25, 0.3) is 0 Å². The molecule has 3 heterocycles. The van der Waals surface area contributed by atoms with E-state index in [0.29, 0.717) is 17.9 Å². The van der Waals surface area contributed by atoms with Crippen molar-refractivity contribution in [2.75, 3.05) is 19.6 Å². The third kappa shape index (κ3) is 2.63. The largest absolute Gasteiger partial charge is 0.339 e. The molecule has 1 unspecified atom stereocenters. The van der Waals surface area contributed by atoms with Crippen molar-refractivity contribution in [3.63, 3.8) is 0 Å². The van der Waals surface area contributed by atoms with Crippen molar-refractivity contribution in [1.29, 1.82) is 0 Å². The third-order valence-electron chi connectivity index (χ3n) is 4.31. The summed E-state index contributed by atoms with van der Waals surface area (Å²) < 4.78 is 3.00. The lowest BCUT2D eigenvalue weighted by Gasteiger charge is -2.42. The number of aromatic nitrogens is 2. The predicted octanol–water partition coefficient (Wildman–Crippen LogP) is 1.59. The molecule has 2 aliphatic heterocycles. The topological polar surface area (TPSA) is 41.4 Å². The first-order chi connectivity index (χ1) is 9.54. The normalized spacial score (nSPS) is 24.7. The van der Waals surface area contributed by atoms with Crippen LogP contribution < -0.4 is 0 Å². The number of hydrogen-bond acceptors (Lipinski definition) is 3. The lowest BCUT2D eigenvalue weighted by Crippen LogP contribution is -2.56. The standard InChI is InChI=1S/C14H21BrN4O/c1-10(2)19-4-3-13(14(19)20)17-6-11(7-17)8-18-9-12(15)5-16-18/h5,9-11,13H,3-4,6-8H2,1-2H3. The second-order valence-corrected chi connectivity index (χ2v) is 7.05. The van der Waals surface area contributed by atoms with Crippen LogP contribution in [0.2, 0.25) is 0 Å². The minimum absolute atomic E-state index is 0.123. The first-order valence-electron chi connectivity index (χ1n) is 7.27. The first-order valence-corrected chi connectivity index (χ1v) is 8.06. The first kappa shape index (κ1) is 14.1. The zero-order valence-corrected chi connectivity index (χ0v) is 13.6. The van der Waals surface area contributed by atoms with Crippen molar-refractivity contribution in [2.45, 2.75) is 38.9 Å². The van der Waals surface area contributed by atoms with Gasteiger partial charge in [0, 0.05) is 44.3 Å². The van der Waals surface area contributed by atoms with Crippen molar-refractivity contribution < 1.29 is 4.79 Å². The van der Waals surface area contributed by atoms with Gasteiger partial charge in [-0.15, -0.1) is 0 Å². The van der Waals surface area contributed by atoms with Gasteiger partial charge in [0.05, 0.1) is 16.7 Å². The smallest absolute Gasteiger partial charge is 0.240 e. The highest BCUT2D eigenvalue weighted by Gasteiger charge is 2.42. The summed E-state index contributed by atoms with van der Waals surface area (Å²) in [6.07, 6.45) is 4.80. The Morgan fingerprint density at radius 2 is 2.20 bits per heavy atom. The number of nitrogens with zero attached hydrogens (tertiary/aromatic N) is 4. The van der Waals surface area contributed by atoms with Crippen molar-refractivity contribution in [2.24, 2.45) is 5.92 Å². The molecule has 5 nitrogen and oxygen atoms in total. The fraction of sp³-hybridized carbons (Fsp3) is 0.714. The summed E-state index contributed by atoms with van der Waals surface area (Å²) in [5.74, 6) is 0.933. The molecular weight excluding hydrogens is 320 g/mol. The number of carbonyl (C=O) groups excluding carboxylic acids is 1. The fourth-order valence-electron chi connectivity index (χ4n) is 3.22. The Morgan fingerprint density at radius 1 is 1.45 bits per heavy atom. The summed E-state index contributed by atoms with van der Waals surface area (Å²) in [7, 11) is 0. The maximum absolute atomic E-state index is 12.3. The van der Waals surface area contributed by atoms with Gasteiger partial charge in [0.15, 0.2) is 0 Å².